The molecule has 8 rings (SSSR count). The molecule has 4 nitrogen and oxygen atoms in total. The molecule has 0 heterocycles. The number of esters is 1. The third kappa shape index (κ3) is 4.73. The summed E-state index contributed by atoms with van der Waals surface area (Å²) >= 11 is 0. The van der Waals surface area contributed by atoms with Crippen LogP contribution in [0.25, 0.3) is 22.3 Å². The summed E-state index contributed by atoms with van der Waals surface area (Å²) in [4.78, 5) is 24.3. The second-order valence-electron chi connectivity index (χ2n) is 11.4. The number of carbonyl (C=O) groups excluding carboxylic acids is 1. The van der Waals surface area contributed by atoms with Gasteiger partial charge < -0.3 is 9.84 Å². The third-order valence-electron chi connectivity index (χ3n) is 8.92. The Kier molecular flexibility index (Phi) is 7.19. The van der Waals surface area contributed by atoms with E-state index >= 15 is 0 Å². The summed E-state index contributed by atoms with van der Waals surface area (Å²) in [7, 11) is 0. The van der Waals surface area contributed by atoms with Crippen molar-refractivity contribution >= 4 is 34.2 Å². The molecule has 0 radical (unpaired) electrons. The molecule has 0 aliphatic heterocycles. The number of hydrogen-bond donors (Lipinski definition) is 1. The molecule has 4 aromatic rings. The van der Waals surface area contributed by atoms with Crippen LogP contribution in [0.15, 0.2) is 120 Å². The zero-order chi connectivity index (χ0) is 30.2. The van der Waals surface area contributed by atoms with E-state index in [9.17, 15) is 14.7 Å². The Bertz CT molecular complexity index is 1970. The van der Waals surface area contributed by atoms with Crippen LogP contribution < -0.4 is 0 Å². The van der Waals surface area contributed by atoms with Crippen molar-refractivity contribution in [2.24, 2.45) is 0 Å². The van der Waals surface area contributed by atoms with Crippen LogP contribution in [0.2, 0.25) is 0 Å². The Balaban J connectivity index is 0.000000143. The number of benzene rings is 4. The van der Waals surface area contributed by atoms with Gasteiger partial charge in [0.1, 0.15) is 0 Å². The summed E-state index contributed by atoms with van der Waals surface area (Å²) in [5.74, 6) is -1.04. The highest BCUT2D eigenvalue weighted by Crippen LogP contribution is 2.44. The van der Waals surface area contributed by atoms with Gasteiger partial charge in [0.05, 0.1) is 17.8 Å². The Morgan fingerprint density at radius 3 is 1.48 bits per heavy atom. The predicted molar refractivity (Wildman–Crippen MR) is 175 cm³/mol. The Hall–Kier alpha value is -5.22. The lowest BCUT2D eigenvalue weighted by atomic mass is 9.95. The molecule has 4 heteroatoms. The molecular formula is C40H32O4. The molecule has 0 atom stereocenters. The van der Waals surface area contributed by atoms with Gasteiger partial charge in [-0.2, -0.15) is 0 Å². The van der Waals surface area contributed by atoms with Crippen LogP contribution in [0, 0.1) is 0 Å². The van der Waals surface area contributed by atoms with Gasteiger partial charge >= 0.3 is 11.9 Å². The standard InChI is InChI=1S/C21H18O2.C19H14O2/c1-2-23-21(22)20-17-10-6-4-8-15(17)13-19(20)18-12-11-14-7-3-5-9-16(14)18;20-19(21)18-15-8-4-2-6-13(15)11-17(18)16-10-9-12-5-1-3-7-14(12)16/h3-10,12H,2,11,13H2,1H3;1-8,10H,9,11H2,(H,20,21). The maximum Gasteiger partial charge on any atom is 0.339 e. The number of carboxylic acid groups (broad SMARTS) is 1. The van der Waals surface area contributed by atoms with Gasteiger partial charge in [0.25, 0.3) is 0 Å². The van der Waals surface area contributed by atoms with Crippen LogP contribution in [0.1, 0.15) is 51.4 Å². The van der Waals surface area contributed by atoms with E-state index < -0.39 is 5.97 Å². The zero-order valence-electron chi connectivity index (χ0n) is 24.6. The smallest absolute Gasteiger partial charge is 0.339 e. The molecule has 4 aliphatic rings. The maximum atomic E-state index is 12.6. The minimum Gasteiger partial charge on any atom is -0.478 e. The van der Waals surface area contributed by atoms with E-state index in [-0.39, 0.29) is 5.97 Å². The molecule has 0 saturated carbocycles. The molecular weight excluding hydrogens is 544 g/mol. The van der Waals surface area contributed by atoms with E-state index in [4.69, 9.17) is 4.74 Å². The average molecular weight is 577 g/mol. The molecule has 0 bridgehead atoms. The SMILES string of the molecule is CCOC(=O)C1=C(C2=CCc3ccccc32)Cc2ccccc21.O=C(O)C1=C(C2=CCc3ccccc32)Cc2ccccc21. The lowest BCUT2D eigenvalue weighted by molar-refractivity contribution is -0.136. The quantitative estimate of drug-likeness (QED) is 0.245. The molecule has 0 fully saturated rings. The molecule has 0 unspecified atom stereocenters. The highest BCUT2D eigenvalue weighted by molar-refractivity contribution is 6.23. The van der Waals surface area contributed by atoms with E-state index in [2.05, 4.69) is 54.6 Å². The molecule has 0 aromatic heterocycles. The number of fused-ring (bicyclic) bond motifs is 4. The number of allylic oxidation sites excluding steroid dienone is 6. The van der Waals surface area contributed by atoms with Gasteiger partial charge in [-0.1, -0.05) is 109 Å². The molecule has 216 valence electrons. The largest absolute Gasteiger partial charge is 0.478 e. The molecule has 0 saturated heterocycles. The molecule has 4 aromatic carbocycles. The second kappa shape index (κ2) is 11.5. The predicted octanol–water partition coefficient (Wildman–Crippen LogP) is 7.92. The average Bonchev–Trinajstić information content (AvgIpc) is 3.82. The lowest BCUT2D eigenvalue weighted by Gasteiger charge is -2.10. The first kappa shape index (κ1) is 27.6. The van der Waals surface area contributed by atoms with E-state index in [0.29, 0.717) is 18.6 Å². The summed E-state index contributed by atoms with van der Waals surface area (Å²) in [5.41, 5.74) is 14.8. The van der Waals surface area contributed by atoms with Crippen molar-refractivity contribution in [2.45, 2.75) is 32.6 Å². The van der Waals surface area contributed by atoms with Gasteiger partial charge in [0.2, 0.25) is 0 Å². The van der Waals surface area contributed by atoms with Gasteiger partial charge in [-0.3, -0.25) is 0 Å². The minimum atomic E-state index is -0.833. The molecule has 1 N–H and O–H groups in total. The fourth-order valence-corrected chi connectivity index (χ4v) is 7.00. The van der Waals surface area contributed by atoms with Crippen LogP contribution in [0.4, 0.5) is 0 Å². The van der Waals surface area contributed by atoms with E-state index in [1.807, 2.05) is 61.5 Å². The van der Waals surface area contributed by atoms with E-state index in [0.717, 1.165) is 58.2 Å². The summed E-state index contributed by atoms with van der Waals surface area (Å²) in [5, 5.41) is 9.65. The van der Waals surface area contributed by atoms with Crippen LogP contribution in [0.5, 0.6) is 0 Å². The summed E-state index contributed by atoms with van der Waals surface area (Å²) < 4.78 is 5.34. The van der Waals surface area contributed by atoms with Gasteiger partial charge in [0, 0.05) is 0 Å². The molecule has 44 heavy (non-hydrogen) atoms. The van der Waals surface area contributed by atoms with Gasteiger partial charge in [-0.15, -0.1) is 0 Å². The number of hydrogen-bond acceptors (Lipinski definition) is 3. The Labute approximate surface area is 257 Å². The Morgan fingerprint density at radius 1 is 0.591 bits per heavy atom. The van der Waals surface area contributed by atoms with Crippen molar-refractivity contribution in [3.05, 3.63) is 165 Å². The van der Waals surface area contributed by atoms with Crippen LogP contribution in [0.3, 0.4) is 0 Å². The summed E-state index contributed by atoms with van der Waals surface area (Å²) in [6, 6.07) is 32.6. The van der Waals surface area contributed by atoms with Gasteiger partial charge in [-0.05, 0) is 99.4 Å². The lowest BCUT2D eigenvalue weighted by Crippen LogP contribution is -2.07. The van der Waals surface area contributed by atoms with E-state index in [1.54, 1.807) is 0 Å². The highest BCUT2D eigenvalue weighted by Gasteiger charge is 2.32. The van der Waals surface area contributed by atoms with Crippen molar-refractivity contribution in [3.63, 3.8) is 0 Å². The van der Waals surface area contributed by atoms with Crippen LogP contribution in [-0.4, -0.2) is 23.7 Å². The number of carbonyl (C=O) groups is 2. The number of ether oxygens (including phenoxy) is 1. The first-order chi connectivity index (χ1) is 21.5. The number of aliphatic carboxylic acids is 1. The Morgan fingerprint density at radius 2 is 1.00 bits per heavy atom. The molecule has 0 spiro atoms. The van der Waals surface area contributed by atoms with Crippen molar-refractivity contribution in [2.75, 3.05) is 6.61 Å². The highest BCUT2D eigenvalue weighted by atomic mass is 16.5. The summed E-state index contributed by atoms with van der Waals surface area (Å²) in [6.45, 7) is 2.25. The summed E-state index contributed by atoms with van der Waals surface area (Å²) in [6.07, 6.45) is 7.72. The monoisotopic (exact) mass is 576 g/mol. The second-order valence-corrected chi connectivity index (χ2v) is 11.4. The first-order valence-corrected chi connectivity index (χ1v) is 15.2. The van der Waals surface area contributed by atoms with Crippen LogP contribution in [-0.2, 0) is 40.0 Å². The molecule has 4 aliphatic carbocycles. The first-order valence-electron chi connectivity index (χ1n) is 15.2. The minimum absolute atomic E-state index is 0.210. The van der Waals surface area contributed by atoms with Crippen molar-refractivity contribution in [1.29, 1.82) is 0 Å². The van der Waals surface area contributed by atoms with Gasteiger partial charge in [0.15, 0.2) is 0 Å². The number of rotatable bonds is 5. The fraction of sp³-hybridized carbons (Fsp3) is 0.150. The maximum absolute atomic E-state index is 12.6. The third-order valence-corrected chi connectivity index (χ3v) is 8.92. The van der Waals surface area contributed by atoms with Crippen molar-refractivity contribution < 1.29 is 19.4 Å². The topological polar surface area (TPSA) is 63.6 Å². The van der Waals surface area contributed by atoms with Crippen molar-refractivity contribution in [3.8, 4) is 0 Å². The van der Waals surface area contributed by atoms with Gasteiger partial charge in [-0.25, -0.2) is 9.59 Å². The molecule has 0 amide bonds. The fourth-order valence-electron chi connectivity index (χ4n) is 7.00. The normalized spacial score (nSPS) is 15.5. The van der Waals surface area contributed by atoms with Crippen molar-refractivity contribution in [1.82, 2.24) is 0 Å². The zero-order valence-corrected chi connectivity index (χ0v) is 24.6. The number of carboxylic acids is 1. The van der Waals surface area contributed by atoms with E-state index in [1.165, 1.54) is 33.4 Å². The van der Waals surface area contributed by atoms with Crippen LogP contribution >= 0.6 is 0 Å².